The average molecular weight is 406 g/mol. The molecule has 0 radical (unpaired) electrons. The number of amides is 1. The monoisotopic (exact) mass is 405 g/mol. The Labute approximate surface area is 176 Å². The number of benzene rings is 2. The van der Waals surface area contributed by atoms with E-state index in [0.717, 1.165) is 33.4 Å². The van der Waals surface area contributed by atoms with Crippen molar-refractivity contribution in [2.75, 3.05) is 6.54 Å². The van der Waals surface area contributed by atoms with Crippen molar-refractivity contribution in [3.63, 3.8) is 0 Å². The Morgan fingerprint density at radius 1 is 0.862 bits per heavy atom. The lowest BCUT2D eigenvalue weighted by Crippen LogP contribution is -2.28. The van der Waals surface area contributed by atoms with Crippen LogP contribution in [0.2, 0.25) is 0 Å². The number of carbonyl (C=O) groups excluding carboxylic acids is 1. The highest BCUT2D eigenvalue weighted by molar-refractivity contribution is 7.17. The standard InChI is InChI=1S/C25H27NO2S/c27-25(26-18-19-8-4-1-2-5-9-19)24-17-16-23(29-24)20-12-14-22(15-13-20)28-21-10-6-3-7-11-21/h3,6-7,10-17,19H,1-2,4-5,8-9,18H2,(H,26,27). The summed E-state index contributed by atoms with van der Waals surface area (Å²) in [6.07, 6.45) is 7.77. The van der Waals surface area contributed by atoms with Gasteiger partial charge in [-0.05, 0) is 72.9 Å². The van der Waals surface area contributed by atoms with E-state index >= 15 is 0 Å². The molecule has 0 bridgehead atoms. The van der Waals surface area contributed by atoms with Crippen LogP contribution in [0.5, 0.6) is 11.5 Å². The largest absolute Gasteiger partial charge is 0.457 e. The molecule has 1 aliphatic rings. The molecule has 0 unspecified atom stereocenters. The van der Waals surface area contributed by atoms with Crippen LogP contribution in [0.15, 0.2) is 66.7 Å². The lowest BCUT2D eigenvalue weighted by atomic mass is 10.0. The summed E-state index contributed by atoms with van der Waals surface area (Å²) in [7, 11) is 0. The number of hydrogen-bond donors (Lipinski definition) is 1. The van der Waals surface area contributed by atoms with Gasteiger partial charge in [0, 0.05) is 11.4 Å². The third kappa shape index (κ3) is 5.48. The molecule has 1 heterocycles. The molecule has 1 saturated carbocycles. The summed E-state index contributed by atoms with van der Waals surface area (Å²) >= 11 is 1.54. The van der Waals surface area contributed by atoms with Gasteiger partial charge in [-0.25, -0.2) is 0 Å². The summed E-state index contributed by atoms with van der Waals surface area (Å²) in [6.45, 7) is 0.803. The van der Waals surface area contributed by atoms with Gasteiger partial charge < -0.3 is 10.1 Å². The molecule has 150 valence electrons. The van der Waals surface area contributed by atoms with Gasteiger partial charge in [-0.15, -0.1) is 11.3 Å². The van der Waals surface area contributed by atoms with Crippen LogP contribution in [0.4, 0.5) is 0 Å². The molecule has 1 fully saturated rings. The smallest absolute Gasteiger partial charge is 0.261 e. The minimum Gasteiger partial charge on any atom is -0.457 e. The van der Waals surface area contributed by atoms with E-state index in [1.165, 1.54) is 38.5 Å². The van der Waals surface area contributed by atoms with E-state index in [0.29, 0.717) is 5.92 Å². The van der Waals surface area contributed by atoms with E-state index in [1.54, 1.807) is 11.3 Å². The van der Waals surface area contributed by atoms with Gasteiger partial charge in [0.2, 0.25) is 0 Å². The lowest BCUT2D eigenvalue weighted by molar-refractivity contribution is 0.0950. The van der Waals surface area contributed by atoms with E-state index in [1.807, 2.05) is 66.7 Å². The molecule has 29 heavy (non-hydrogen) atoms. The third-order valence-corrected chi connectivity index (χ3v) is 6.61. The Morgan fingerprint density at radius 2 is 1.55 bits per heavy atom. The molecule has 1 amide bonds. The third-order valence-electron chi connectivity index (χ3n) is 5.47. The van der Waals surface area contributed by atoms with Gasteiger partial charge in [0.25, 0.3) is 5.91 Å². The Bertz CT molecular complexity index is 910. The minimum absolute atomic E-state index is 0.0505. The van der Waals surface area contributed by atoms with Crippen molar-refractivity contribution >= 4 is 17.2 Å². The zero-order valence-corrected chi connectivity index (χ0v) is 17.4. The van der Waals surface area contributed by atoms with Crippen LogP contribution in [0.1, 0.15) is 48.2 Å². The van der Waals surface area contributed by atoms with Crippen LogP contribution in [0.25, 0.3) is 10.4 Å². The molecule has 3 aromatic rings. The summed E-state index contributed by atoms with van der Waals surface area (Å²) in [5, 5.41) is 3.15. The summed E-state index contributed by atoms with van der Waals surface area (Å²) in [5.41, 5.74) is 1.10. The van der Waals surface area contributed by atoms with Crippen molar-refractivity contribution < 1.29 is 9.53 Å². The Balaban J connectivity index is 1.34. The quantitative estimate of drug-likeness (QED) is 0.453. The Hall–Kier alpha value is -2.59. The molecule has 2 aromatic carbocycles. The van der Waals surface area contributed by atoms with Gasteiger partial charge in [-0.3, -0.25) is 4.79 Å². The van der Waals surface area contributed by atoms with E-state index in [2.05, 4.69) is 5.32 Å². The highest BCUT2D eigenvalue weighted by Crippen LogP contribution is 2.31. The first-order valence-corrected chi connectivity index (χ1v) is 11.3. The van der Waals surface area contributed by atoms with Gasteiger partial charge in [0.15, 0.2) is 0 Å². The zero-order valence-electron chi connectivity index (χ0n) is 16.6. The highest BCUT2D eigenvalue weighted by atomic mass is 32.1. The van der Waals surface area contributed by atoms with E-state index < -0.39 is 0 Å². The average Bonchev–Trinajstić information content (AvgIpc) is 3.11. The van der Waals surface area contributed by atoms with Crippen LogP contribution >= 0.6 is 11.3 Å². The van der Waals surface area contributed by atoms with Crippen LogP contribution in [0.3, 0.4) is 0 Å². The second-order valence-corrected chi connectivity index (χ2v) is 8.75. The van der Waals surface area contributed by atoms with Gasteiger partial charge in [0.1, 0.15) is 11.5 Å². The highest BCUT2D eigenvalue weighted by Gasteiger charge is 2.15. The lowest BCUT2D eigenvalue weighted by Gasteiger charge is -2.14. The fourth-order valence-corrected chi connectivity index (χ4v) is 4.75. The Morgan fingerprint density at radius 3 is 2.28 bits per heavy atom. The summed E-state index contributed by atoms with van der Waals surface area (Å²) < 4.78 is 5.85. The number of ether oxygens (including phenoxy) is 1. The SMILES string of the molecule is O=C(NCC1CCCCCC1)c1ccc(-c2ccc(Oc3ccccc3)cc2)s1. The van der Waals surface area contributed by atoms with Gasteiger partial charge in [-0.2, -0.15) is 0 Å². The maximum absolute atomic E-state index is 12.6. The number of carbonyl (C=O) groups is 1. The minimum atomic E-state index is 0.0505. The topological polar surface area (TPSA) is 38.3 Å². The first-order chi connectivity index (χ1) is 14.3. The number of nitrogens with one attached hydrogen (secondary N) is 1. The zero-order chi connectivity index (χ0) is 19.9. The second-order valence-electron chi connectivity index (χ2n) is 7.67. The maximum Gasteiger partial charge on any atom is 0.261 e. The van der Waals surface area contributed by atoms with Crippen LogP contribution < -0.4 is 10.1 Å². The normalized spacial score (nSPS) is 14.9. The number of rotatable bonds is 6. The van der Waals surface area contributed by atoms with Gasteiger partial charge >= 0.3 is 0 Å². The second kappa shape index (κ2) is 9.75. The van der Waals surface area contributed by atoms with Crippen molar-refractivity contribution in [1.82, 2.24) is 5.32 Å². The van der Waals surface area contributed by atoms with Crippen molar-refractivity contribution in [2.24, 2.45) is 5.92 Å². The summed E-state index contributed by atoms with van der Waals surface area (Å²) in [6, 6.07) is 21.7. The molecule has 0 spiro atoms. The number of thiophene rings is 1. The van der Waals surface area contributed by atoms with Crippen LogP contribution in [-0.4, -0.2) is 12.5 Å². The van der Waals surface area contributed by atoms with Crippen molar-refractivity contribution in [3.8, 4) is 21.9 Å². The van der Waals surface area contributed by atoms with Crippen LogP contribution in [0, 0.1) is 5.92 Å². The van der Waals surface area contributed by atoms with Gasteiger partial charge in [0.05, 0.1) is 4.88 Å². The number of hydrogen-bond acceptors (Lipinski definition) is 3. The predicted molar refractivity (Wildman–Crippen MR) is 120 cm³/mol. The maximum atomic E-state index is 12.6. The molecule has 0 aliphatic heterocycles. The van der Waals surface area contributed by atoms with E-state index in [4.69, 9.17) is 4.74 Å². The Kier molecular flexibility index (Phi) is 6.63. The molecule has 1 aromatic heterocycles. The molecule has 0 saturated heterocycles. The molecule has 0 atom stereocenters. The fourth-order valence-electron chi connectivity index (χ4n) is 3.82. The van der Waals surface area contributed by atoms with Crippen molar-refractivity contribution in [2.45, 2.75) is 38.5 Å². The molecule has 1 N–H and O–H groups in total. The van der Waals surface area contributed by atoms with E-state index in [9.17, 15) is 4.79 Å². The molecule has 3 nitrogen and oxygen atoms in total. The predicted octanol–water partition coefficient (Wildman–Crippen LogP) is 6.91. The molecule has 1 aliphatic carbocycles. The summed E-state index contributed by atoms with van der Waals surface area (Å²) in [4.78, 5) is 14.4. The molecular weight excluding hydrogens is 378 g/mol. The van der Waals surface area contributed by atoms with Crippen molar-refractivity contribution in [1.29, 1.82) is 0 Å². The first-order valence-electron chi connectivity index (χ1n) is 10.5. The molecular formula is C25H27NO2S. The fraction of sp³-hybridized carbons (Fsp3) is 0.320. The first kappa shape index (κ1) is 19.7. The molecule has 4 rings (SSSR count). The van der Waals surface area contributed by atoms with Crippen LogP contribution in [-0.2, 0) is 0 Å². The van der Waals surface area contributed by atoms with Gasteiger partial charge in [-0.1, -0.05) is 43.9 Å². The van der Waals surface area contributed by atoms with Crippen molar-refractivity contribution in [3.05, 3.63) is 71.6 Å². The van der Waals surface area contributed by atoms with E-state index in [-0.39, 0.29) is 5.91 Å². The molecule has 4 heteroatoms. The summed E-state index contributed by atoms with van der Waals surface area (Å²) in [5.74, 6) is 2.31. The number of para-hydroxylation sites is 1.